The normalized spacial score (nSPS) is 16.5. The largest absolute Gasteiger partial charge is 0.348 e. The molecule has 0 saturated heterocycles. The fourth-order valence-electron chi connectivity index (χ4n) is 3.73. The van der Waals surface area contributed by atoms with E-state index in [0.29, 0.717) is 13.1 Å². The average Bonchev–Trinajstić information content (AvgIpc) is 3.42. The van der Waals surface area contributed by atoms with Crippen LogP contribution in [0.3, 0.4) is 0 Å². The summed E-state index contributed by atoms with van der Waals surface area (Å²) in [6.45, 7) is 2.72. The zero-order valence-corrected chi connectivity index (χ0v) is 16.4. The van der Waals surface area contributed by atoms with Gasteiger partial charge in [-0.3, -0.25) is 14.5 Å². The molecule has 1 aliphatic heterocycles. The van der Waals surface area contributed by atoms with Gasteiger partial charge in [0.05, 0.1) is 12.6 Å². The third kappa shape index (κ3) is 4.08. The van der Waals surface area contributed by atoms with Crippen molar-refractivity contribution < 1.29 is 9.59 Å². The number of nitrogens with one attached hydrogen (secondary N) is 1. The lowest BCUT2D eigenvalue weighted by Gasteiger charge is -2.37. The fraction of sp³-hybridized carbons (Fsp3) is 0.273. The molecule has 2 aromatic heterocycles. The lowest BCUT2D eigenvalue weighted by molar-refractivity contribution is -0.138. The molecule has 5 nitrogen and oxygen atoms in total. The Hall–Kier alpha value is -2.70. The second-order valence-corrected chi connectivity index (χ2v) is 7.94. The molecule has 0 saturated carbocycles. The third-order valence-corrected chi connectivity index (χ3v) is 6.01. The molecule has 0 bridgehead atoms. The summed E-state index contributed by atoms with van der Waals surface area (Å²) in [5.41, 5.74) is 2.43. The van der Waals surface area contributed by atoms with E-state index < -0.39 is 5.91 Å². The summed E-state index contributed by atoms with van der Waals surface area (Å²) in [7, 11) is 0. The van der Waals surface area contributed by atoms with Crippen LogP contribution in [0.25, 0.3) is 0 Å². The van der Waals surface area contributed by atoms with Crippen LogP contribution in [0.15, 0.2) is 66.2 Å². The van der Waals surface area contributed by atoms with E-state index in [2.05, 4.69) is 45.2 Å². The predicted molar refractivity (Wildman–Crippen MR) is 110 cm³/mol. The quantitative estimate of drug-likeness (QED) is 0.627. The van der Waals surface area contributed by atoms with Gasteiger partial charge in [-0.1, -0.05) is 36.4 Å². The SMILES string of the molecule is O=C(CCN1CCn2cccc2C1c1ccccc1)C(=O)NCc1cccs1. The number of Topliss-reactive ketones (excluding diaryl/α,β-unsaturated/α-hetero) is 1. The minimum Gasteiger partial charge on any atom is -0.348 e. The molecule has 1 aliphatic rings. The van der Waals surface area contributed by atoms with Crippen LogP contribution >= 0.6 is 11.3 Å². The van der Waals surface area contributed by atoms with Crippen molar-refractivity contribution in [1.82, 2.24) is 14.8 Å². The second-order valence-electron chi connectivity index (χ2n) is 6.91. The fourth-order valence-corrected chi connectivity index (χ4v) is 4.37. The van der Waals surface area contributed by atoms with Crippen LogP contribution in [0.2, 0.25) is 0 Å². The van der Waals surface area contributed by atoms with Gasteiger partial charge in [-0.15, -0.1) is 11.3 Å². The summed E-state index contributed by atoms with van der Waals surface area (Å²) in [5, 5.41) is 4.68. The molecule has 1 aromatic carbocycles. The third-order valence-electron chi connectivity index (χ3n) is 5.14. The van der Waals surface area contributed by atoms with Gasteiger partial charge in [0.1, 0.15) is 0 Å². The average molecular weight is 394 g/mol. The Balaban J connectivity index is 1.40. The summed E-state index contributed by atoms with van der Waals surface area (Å²) < 4.78 is 2.27. The van der Waals surface area contributed by atoms with E-state index in [-0.39, 0.29) is 18.2 Å². The van der Waals surface area contributed by atoms with Crippen molar-refractivity contribution in [2.45, 2.75) is 25.6 Å². The van der Waals surface area contributed by atoms with Crippen molar-refractivity contribution in [2.24, 2.45) is 0 Å². The van der Waals surface area contributed by atoms with E-state index in [4.69, 9.17) is 0 Å². The minimum absolute atomic E-state index is 0.104. The topological polar surface area (TPSA) is 54.3 Å². The van der Waals surface area contributed by atoms with Crippen molar-refractivity contribution in [2.75, 3.05) is 13.1 Å². The first-order valence-corrected chi connectivity index (χ1v) is 10.4. The van der Waals surface area contributed by atoms with Crippen molar-refractivity contribution in [3.8, 4) is 0 Å². The number of rotatable bonds is 7. The maximum absolute atomic E-state index is 12.3. The number of carbonyl (C=O) groups is 2. The molecule has 144 valence electrons. The molecule has 28 heavy (non-hydrogen) atoms. The van der Waals surface area contributed by atoms with Crippen molar-refractivity contribution >= 4 is 23.0 Å². The smallest absolute Gasteiger partial charge is 0.287 e. The number of amides is 1. The predicted octanol–water partition coefficient (Wildman–Crippen LogP) is 3.23. The Labute approximate surface area is 168 Å². The Morgan fingerprint density at radius 1 is 1.04 bits per heavy atom. The maximum atomic E-state index is 12.3. The molecule has 0 aliphatic carbocycles. The molecule has 3 aromatic rings. The van der Waals surface area contributed by atoms with E-state index in [9.17, 15) is 9.59 Å². The van der Waals surface area contributed by atoms with Gasteiger partial charge in [0.15, 0.2) is 0 Å². The zero-order valence-electron chi connectivity index (χ0n) is 15.6. The van der Waals surface area contributed by atoms with Crippen LogP contribution in [0.1, 0.15) is 28.6 Å². The number of aromatic nitrogens is 1. The molecular weight excluding hydrogens is 370 g/mol. The van der Waals surface area contributed by atoms with E-state index >= 15 is 0 Å². The first kappa shape index (κ1) is 18.7. The summed E-state index contributed by atoms with van der Waals surface area (Å²) in [6, 6.07) is 18.5. The highest BCUT2D eigenvalue weighted by atomic mass is 32.1. The van der Waals surface area contributed by atoms with Crippen LogP contribution in [-0.4, -0.2) is 34.2 Å². The molecule has 0 radical (unpaired) electrons. The molecular formula is C22H23N3O2S. The first-order valence-electron chi connectivity index (χ1n) is 9.50. The van der Waals surface area contributed by atoms with E-state index in [1.165, 1.54) is 11.3 Å². The summed E-state index contributed by atoms with van der Waals surface area (Å²) >= 11 is 1.57. The summed E-state index contributed by atoms with van der Waals surface area (Å²) in [6.07, 6.45) is 2.33. The van der Waals surface area contributed by atoms with E-state index in [1.54, 1.807) is 11.3 Å². The van der Waals surface area contributed by atoms with Crippen LogP contribution < -0.4 is 5.32 Å². The zero-order chi connectivity index (χ0) is 19.3. The molecule has 1 unspecified atom stereocenters. The number of fused-ring (bicyclic) bond motifs is 1. The second kappa shape index (κ2) is 8.54. The minimum atomic E-state index is -0.495. The van der Waals surface area contributed by atoms with Gasteiger partial charge in [-0.25, -0.2) is 0 Å². The lowest BCUT2D eigenvalue weighted by Crippen LogP contribution is -2.40. The van der Waals surface area contributed by atoms with Gasteiger partial charge >= 0.3 is 0 Å². The highest BCUT2D eigenvalue weighted by Gasteiger charge is 2.29. The van der Waals surface area contributed by atoms with Gasteiger partial charge in [0.2, 0.25) is 5.78 Å². The summed E-state index contributed by atoms with van der Waals surface area (Å²) in [4.78, 5) is 27.8. The maximum Gasteiger partial charge on any atom is 0.287 e. The molecule has 6 heteroatoms. The standard InChI is InChI=1S/C22H23N3O2S/c26-20(22(27)23-16-18-8-5-15-28-18)10-12-25-14-13-24-11-4-9-19(24)21(25)17-6-2-1-3-7-17/h1-9,11,15,21H,10,12-14,16H2,(H,23,27). The molecule has 0 fully saturated rings. The van der Waals surface area contributed by atoms with E-state index in [1.807, 2.05) is 35.7 Å². The Kier molecular flexibility index (Phi) is 5.69. The van der Waals surface area contributed by atoms with Crippen molar-refractivity contribution in [3.05, 3.63) is 82.3 Å². The molecule has 1 amide bonds. The molecule has 1 atom stereocenters. The lowest BCUT2D eigenvalue weighted by atomic mass is 9.99. The van der Waals surface area contributed by atoms with Crippen LogP contribution in [0, 0.1) is 0 Å². The number of hydrogen-bond acceptors (Lipinski definition) is 4. The Morgan fingerprint density at radius 3 is 2.68 bits per heavy atom. The first-order chi connectivity index (χ1) is 13.7. The van der Waals surface area contributed by atoms with Gasteiger partial charge in [-0.05, 0) is 29.1 Å². The van der Waals surface area contributed by atoms with Gasteiger partial charge < -0.3 is 9.88 Å². The van der Waals surface area contributed by atoms with Crippen molar-refractivity contribution in [3.63, 3.8) is 0 Å². The highest BCUT2D eigenvalue weighted by molar-refractivity contribution is 7.09. The number of carbonyl (C=O) groups excluding carboxylic acids is 2. The molecule has 4 rings (SSSR count). The molecule has 3 heterocycles. The van der Waals surface area contributed by atoms with Gasteiger partial charge in [-0.2, -0.15) is 0 Å². The Bertz CT molecular complexity index is 934. The number of ketones is 1. The monoisotopic (exact) mass is 393 g/mol. The van der Waals surface area contributed by atoms with Crippen LogP contribution in [0.5, 0.6) is 0 Å². The van der Waals surface area contributed by atoms with Gasteiger partial charge in [0, 0.05) is 42.8 Å². The van der Waals surface area contributed by atoms with Crippen molar-refractivity contribution in [1.29, 1.82) is 0 Å². The van der Waals surface area contributed by atoms with Crippen LogP contribution in [-0.2, 0) is 22.7 Å². The van der Waals surface area contributed by atoms with Crippen LogP contribution in [0.4, 0.5) is 0 Å². The van der Waals surface area contributed by atoms with Gasteiger partial charge in [0.25, 0.3) is 5.91 Å². The Morgan fingerprint density at radius 2 is 1.89 bits per heavy atom. The molecule has 1 N–H and O–H groups in total. The summed E-state index contributed by atoms with van der Waals surface area (Å²) in [5.74, 6) is -0.852. The number of benzene rings is 1. The molecule has 0 spiro atoms. The van der Waals surface area contributed by atoms with E-state index in [0.717, 1.165) is 18.0 Å². The highest BCUT2D eigenvalue weighted by Crippen LogP contribution is 2.32. The number of nitrogens with zero attached hydrogens (tertiary/aromatic N) is 2. The number of hydrogen-bond donors (Lipinski definition) is 1. The number of thiophene rings is 1.